The summed E-state index contributed by atoms with van der Waals surface area (Å²) in [7, 11) is 0. The first kappa shape index (κ1) is 17.7. The third kappa shape index (κ3) is 4.92. The number of amides is 2. The Morgan fingerprint density at radius 2 is 1.96 bits per heavy atom. The molecule has 0 atom stereocenters. The first-order valence-electron chi connectivity index (χ1n) is 7.41. The Hall–Kier alpha value is -2.67. The van der Waals surface area contributed by atoms with Gasteiger partial charge in [0.05, 0.1) is 0 Å². The highest BCUT2D eigenvalue weighted by atomic mass is 32.1. The van der Waals surface area contributed by atoms with Gasteiger partial charge in [0.2, 0.25) is 0 Å². The molecule has 2 amide bonds. The van der Waals surface area contributed by atoms with Gasteiger partial charge in [-0.1, -0.05) is 6.07 Å². The summed E-state index contributed by atoms with van der Waals surface area (Å²) in [6, 6.07) is 10.0. The molecule has 0 radical (unpaired) electrons. The lowest BCUT2D eigenvalue weighted by Gasteiger charge is -2.08. The van der Waals surface area contributed by atoms with E-state index in [1.807, 2.05) is 19.9 Å². The number of thiophene rings is 1. The Kier molecular flexibility index (Phi) is 6.08. The van der Waals surface area contributed by atoms with Crippen molar-refractivity contribution in [1.82, 2.24) is 5.32 Å². The van der Waals surface area contributed by atoms with Crippen LogP contribution in [0.2, 0.25) is 0 Å². The summed E-state index contributed by atoms with van der Waals surface area (Å²) in [6.07, 6.45) is 0. The van der Waals surface area contributed by atoms with Crippen molar-refractivity contribution in [1.29, 1.82) is 0 Å². The highest BCUT2D eigenvalue weighted by Gasteiger charge is 2.12. The van der Waals surface area contributed by atoms with Gasteiger partial charge >= 0.3 is 5.97 Å². The van der Waals surface area contributed by atoms with Crippen LogP contribution in [-0.2, 0) is 9.53 Å². The van der Waals surface area contributed by atoms with Crippen LogP contribution in [0.25, 0.3) is 0 Å². The summed E-state index contributed by atoms with van der Waals surface area (Å²) in [4.78, 5) is 36.9. The molecule has 0 spiro atoms. The maximum atomic E-state index is 11.9. The van der Waals surface area contributed by atoms with E-state index in [1.165, 1.54) is 11.3 Å². The molecular formula is C17H18N2O4S. The smallest absolute Gasteiger partial charge is 0.348 e. The van der Waals surface area contributed by atoms with Gasteiger partial charge in [-0.05, 0) is 44.2 Å². The molecule has 2 N–H and O–H groups in total. The number of carbonyl (C=O) groups excluding carboxylic acids is 3. The third-order valence-electron chi connectivity index (χ3n) is 3.02. The number of rotatable bonds is 6. The minimum atomic E-state index is -0.528. The van der Waals surface area contributed by atoms with Gasteiger partial charge in [0, 0.05) is 22.7 Å². The molecule has 0 fully saturated rings. The highest BCUT2D eigenvalue weighted by Crippen LogP contribution is 2.16. The predicted molar refractivity (Wildman–Crippen MR) is 92.4 cm³/mol. The van der Waals surface area contributed by atoms with E-state index in [9.17, 15) is 14.4 Å². The Balaban J connectivity index is 1.89. The second kappa shape index (κ2) is 8.26. The van der Waals surface area contributed by atoms with Crippen LogP contribution in [0.3, 0.4) is 0 Å². The maximum Gasteiger partial charge on any atom is 0.348 e. The van der Waals surface area contributed by atoms with Crippen LogP contribution in [0.4, 0.5) is 5.69 Å². The number of benzene rings is 1. The van der Waals surface area contributed by atoms with Crippen molar-refractivity contribution in [2.45, 2.75) is 13.8 Å². The summed E-state index contributed by atoms with van der Waals surface area (Å²) in [5, 5.41) is 5.28. The maximum absolute atomic E-state index is 11.9. The predicted octanol–water partition coefficient (Wildman–Crippen LogP) is 2.60. The van der Waals surface area contributed by atoms with Crippen molar-refractivity contribution in [3.05, 3.63) is 51.7 Å². The van der Waals surface area contributed by atoms with Gasteiger partial charge in [-0.3, -0.25) is 9.59 Å². The van der Waals surface area contributed by atoms with Gasteiger partial charge in [-0.25, -0.2) is 4.79 Å². The Bertz CT molecular complexity index is 755. The zero-order valence-corrected chi connectivity index (χ0v) is 14.2. The Morgan fingerprint density at radius 3 is 2.62 bits per heavy atom. The zero-order chi connectivity index (χ0) is 17.5. The first-order valence-corrected chi connectivity index (χ1v) is 8.23. The molecule has 1 heterocycles. The third-order valence-corrected chi connectivity index (χ3v) is 4.00. The van der Waals surface area contributed by atoms with Crippen molar-refractivity contribution in [2.75, 3.05) is 18.5 Å². The van der Waals surface area contributed by atoms with E-state index in [1.54, 1.807) is 30.3 Å². The van der Waals surface area contributed by atoms with Crippen molar-refractivity contribution >= 4 is 34.8 Å². The molecule has 1 aromatic carbocycles. The summed E-state index contributed by atoms with van der Waals surface area (Å²) >= 11 is 1.31. The van der Waals surface area contributed by atoms with Crippen molar-refractivity contribution in [3.63, 3.8) is 0 Å². The van der Waals surface area contributed by atoms with Crippen LogP contribution in [0.1, 0.15) is 31.8 Å². The monoisotopic (exact) mass is 346 g/mol. The van der Waals surface area contributed by atoms with Crippen LogP contribution in [-0.4, -0.2) is 30.9 Å². The Labute approximate surface area is 143 Å². The summed E-state index contributed by atoms with van der Waals surface area (Å²) in [5.74, 6) is -1.21. The van der Waals surface area contributed by atoms with Crippen molar-refractivity contribution in [3.8, 4) is 0 Å². The SMILES string of the molecule is CCNC(=O)c1cccc(NC(=O)COC(=O)c2ccc(C)s2)c1. The number of aryl methyl sites for hydroxylation is 1. The zero-order valence-electron chi connectivity index (χ0n) is 13.4. The van der Waals surface area contributed by atoms with Crippen LogP contribution in [0, 0.1) is 6.92 Å². The number of nitrogens with one attached hydrogen (secondary N) is 2. The van der Waals surface area contributed by atoms with Gasteiger partial charge in [0.1, 0.15) is 4.88 Å². The lowest BCUT2D eigenvalue weighted by atomic mass is 10.2. The molecule has 0 unspecified atom stereocenters. The second-order valence-corrected chi connectivity index (χ2v) is 6.26. The second-order valence-electron chi connectivity index (χ2n) is 4.97. The van der Waals surface area contributed by atoms with Gasteiger partial charge in [0.15, 0.2) is 6.61 Å². The van der Waals surface area contributed by atoms with E-state index < -0.39 is 11.9 Å². The molecule has 0 aliphatic heterocycles. The highest BCUT2D eigenvalue weighted by molar-refractivity contribution is 7.13. The molecule has 126 valence electrons. The van der Waals surface area contributed by atoms with E-state index in [-0.39, 0.29) is 12.5 Å². The fraction of sp³-hybridized carbons (Fsp3) is 0.235. The molecule has 2 rings (SSSR count). The minimum Gasteiger partial charge on any atom is -0.451 e. The quantitative estimate of drug-likeness (QED) is 0.788. The number of hydrogen-bond donors (Lipinski definition) is 2. The summed E-state index contributed by atoms with van der Waals surface area (Å²) in [6.45, 7) is 3.84. The van der Waals surface area contributed by atoms with Crippen LogP contribution >= 0.6 is 11.3 Å². The number of ether oxygens (including phenoxy) is 1. The molecule has 0 saturated heterocycles. The van der Waals surface area contributed by atoms with Crippen molar-refractivity contribution < 1.29 is 19.1 Å². The lowest BCUT2D eigenvalue weighted by molar-refractivity contribution is -0.119. The van der Waals surface area contributed by atoms with Crippen LogP contribution in [0.15, 0.2) is 36.4 Å². The number of anilines is 1. The molecule has 0 bridgehead atoms. The average molecular weight is 346 g/mol. The molecule has 6 nitrogen and oxygen atoms in total. The molecule has 0 saturated carbocycles. The topological polar surface area (TPSA) is 84.5 Å². The van der Waals surface area contributed by atoms with Crippen LogP contribution < -0.4 is 10.6 Å². The average Bonchev–Trinajstić information content (AvgIpc) is 3.00. The molecule has 7 heteroatoms. The largest absolute Gasteiger partial charge is 0.451 e. The molecule has 0 aliphatic carbocycles. The van der Waals surface area contributed by atoms with E-state index in [0.717, 1.165) is 4.88 Å². The molecule has 2 aromatic rings. The molecular weight excluding hydrogens is 328 g/mol. The number of esters is 1. The number of hydrogen-bond acceptors (Lipinski definition) is 5. The van der Waals surface area contributed by atoms with Gasteiger partial charge in [0.25, 0.3) is 11.8 Å². The minimum absolute atomic E-state index is 0.215. The van der Waals surface area contributed by atoms with E-state index in [2.05, 4.69) is 10.6 Å². The van der Waals surface area contributed by atoms with E-state index in [4.69, 9.17) is 4.74 Å². The van der Waals surface area contributed by atoms with E-state index in [0.29, 0.717) is 22.7 Å². The molecule has 0 aliphatic rings. The van der Waals surface area contributed by atoms with Gasteiger partial charge in [-0.15, -0.1) is 11.3 Å². The lowest BCUT2D eigenvalue weighted by Crippen LogP contribution is -2.23. The van der Waals surface area contributed by atoms with Crippen LogP contribution in [0.5, 0.6) is 0 Å². The molecule has 24 heavy (non-hydrogen) atoms. The summed E-state index contributed by atoms with van der Waals surface area (Å²) in [5.41, 5.74) is 0.910. The van der Waals surface area contributed by atoms with Crippen molar-refractivity contribution in [2.24, 2.45) is 0 Å². The van der Waals surface area contributed by atoms with E-state index >= 15 is 0 Å². The summed E-state index contributed by atoms with van der Waals surface area (Å²) < 4.78 is 4.97. The molecule has 1 aromatic heterocycles. The fourth-order valence-electron chi connectivity index (χ4n) is 1.94. The fourth-order valence-corrected chi connectivity index (χ4v) is 2.71. The van der Waals surface area contributed by atoms with Gasteiger partial charge < -0.3 is 15.4 Å². The van der Waals surface area contributed by atoms with Gasteiger partial charge in [-0.2, -0.15) is 0 Å². The first-order chi connectivity index (χ1) is 11.5. The normalized spacial score (nSPS) is 10.1. The number of carbonyl (C=O) groups is 3. The standard InChI is InChI=1S/C17H18N2O4S/c1-3-18-16(21)12-5-4-6-13(9-12)19-15(20)10-23-17(22)14-8-7-11(2)24-14/h4-9H,3,10H2,1-2H3,(H,18,21)(H,19,20). The Morgan fingerprint density at radius 1 is 1.17 bits per heavy atom.